The first-order chi connectivity index (χ1) is 4.95. The molecule has 0 saturated heterocycles. The largest absolute Gasteiger partial charge is 0.417 e. The molecule has 0 spiro atoms. The summed E-state index contributed by atoms with van der Waals surface area (Å²) >= 11 is 0. The third-order valence-corrected chi connectivity index (χ3v) is 5.23. The Labute approximate surface area is 72.9 Å². The van der Waals surface area contributed by atoms with Crippen molar-refractivity contribution in [1.29, 1.82) is 0 Å². The average molecular weight is 174 g/mol. The van der Waals surface area contributed by atoms with Gasteiger partial charge in [0.05, 0.1) is 0 Å². The van der Waals surface area contributed by atoms with Crippen LogP contribution in [0.2, 0.25) is 11.1 Å². The van der Waals surface area contributed by atoms with Crippen LogP contribution in [-0.4, -0.2) is 15.1 Å². The Morgan fingerprint density at radius 1 is 0.818 bits per heavy atom. The number of rotatable bonds is 4. The van der Waals surface area contributed by atoms with Crippen LogP contribution in [0, 0.1) is 0 Å². The first kappa shape index (κ1) is 11.2. The van der Waals surface area contributed by atoms with Crippen LogP contribution < -0.4 is 0 Å². The van der Waals surface area contributed by atoms with E-state index in [0.717, 1.165) is 11.1 Å². The van der Waals surface area contributed by atoms with Crippen molar-refractivity contribution in [3.05, 3.63) is 0 Å². The molecule has 2 heteroatoms. The van der Waals surface area contributed by atoms with E-state index in [9.17, 15) is 0 Å². The van der Waals surface area contributed by atoms with Crippen LogP contribution in [0.15, 0.2) is 0 Å². The average Bonchev–Trinajstić information content (AvgIpc) is 1.81. The van der Waals surface area contributed by atoms with Crippen LogP contribution in [0.3, 0.4) is 0 Å². The highest BCUT2D eigenvalue weighted by Crippen LogP contribution is 2.21. The van der Waals surface area contributed by atoms with Crippen LogP contribution >= 0.6 is 0 Å². The minimum Gasteiger partial charge on any atom is -0.417 e. The van der Waals surface area contributed by atoms with Crippen LogP contribution in [0.5, 0.6) is 0 Å². The maximum Gasteiger partial charge on any atom is 0.182 e. The van der Waals surface area contributed by atoms with Gasteiger partial charge in [-0.1, -0.05) is 27.7 Å². The molecule has 0 aliphatic rings. The van der Waals surface area contributed by atoms with Crippen LogP contribution in [0.25, 0.3) is 0 Å². The summed E-state index contributed by atoms with van der Waals surface area (Å²) in [5.74, 6) is 0. The lowest BCUT2D eigenvalue weighted by Gasteiger charge is -2.25. The second kappa shape index (κ2) is 4.94. The van der Waals surface area contributed by atoms with Gasteiger partial charge in [-0.3, -0.25) is 0 Å². The van der Waals surface area contributed by atoms with Gasteiger partial charge in [0.1, 0.15) is 0 Å². The molecule has 0 saturated carbocycles. The lowest BCUT2D eigenvalue weighted by molar-refractivity contribution is 0.233. The summed E-state index contributed by atoms with van der Waals surface area (Å²) in [5.41, 5.74) is 1.52. The van der Waals surface area contributed by atoms with Crippen molar-refractivity contribution in [3.63, 3.8) is 0 Å². The molecule has 0 aromatic heterocycles. The topological polar surface area (TPSA) is 9.23 Å². The predicted octanol–water partition coefficient (Wildman–Crippen LogP) is 2.96. The molecule has 0 bridgehead atoms. The van der Waals surface area contributed by atoms with E-state index in [2.05, 4.69) is 41.5 Å². The second-order valence-electron chi connectivity index (χ2n) is 4.14. The van der Waals surface area contributed by atoms with Gasteiger partial charge in [0.25, 0.3) is 0 Å². The molecule has 0 aromatic rings. The molecule has 0 aromatic carbocycles. The molecule has 0 atom stereocenters. The Bertz CT molecular complexity index is 91.7. The fourth-order valence-electron chi connectivity index (χ4n) is 1.40. The minimum atomic E-state index is -0.938. The quantitative estimate of drug-likeness (QED) is 0.595. The Morgan fingerprint density at radius 2 is 1.18 bits per heavy atom. The lowest BCUT2D eigenvalue weighted by atomic mass is 10.5. The Kier molecular flexibility index (Phi) is 5.02. The summed E-state index contributed by atoms with van der Waals surface area (Å²) < 4.78 is 5.91. The standard InChI is InChI=1S/C9H22OSi/c1-7(2)10-11(8(3)4)9(5)6/h7-9,11H,1-6H3. The molecule has 1 nitrogen and oxygen atoms in total. The zero-order chi connectivity index (χ0) is 9.02. The summed E-state index contributed by atoms with van der Waals surface area (Å²) in [4.78, 5) is 0. The van der Waals surface area contributed by atoms with Crippen molar-refractivity contribution in [3.8, 4) is 0 Å². The first-order valence-electron chi connectivity index (χ1n) is 4.60. The molecular formula is C9H22OSi. The Morgan fingerprint density at radius 3 is 1.27 bits per heavy atom. The molecule has 0 unspecified atom stereocenters. The molecule has 0 aliphatic heterocycles. The highest BCUT2D eigenvalue weighted by atomic mass is 28.3. The molecule has 68 valence electrons. The zero-order valence-corrected chi connectivity index (χ0v) is 9.87. The van der Waals surface area contributed by atoms with E-state index in [0.29, 0.717) is 6.10 Å². The zero-order valence-electron chi connectivity index (χ0n) is 8.72. The van der Waals surface area contributed by atoms with E-state index >= 15 is 0 Å². The monoisotopic (exact) mass is 174 g/mol. The van der Waals surface area contributed by atoms with Gasteiger partial charge in [0.15, 0.2) is 9.04 Å². The van der Waals surface area contributed by atoms with Crippen molar-refractivity contribution in [2.45, 2.75) is 58.7 Å². The second-order valence-corrected chi connectivity index (χ2v) is 8.01. The summed E-state index contributed by atoms with van der Waals surface area (Å²) in [6.45, 7) is 13.4. The summed E-state index contributed by atoms with van der Waals surface area (Å²) in [5, 5.41) is 0. The van der Waals surface area contributed by atoms with E-state index in [1.807, 2.05) is 0 Å². The van der Waals surface area contributed by atoms with Crippen molar-refractivity contribution < 1.29 is 4.43 Å². The lowest BCUT2D eigenvalue weighted by Crippen LogP contribution is -2.28. The minimum absolute atomic E-state index is 0.413. The molecule has 0 amide bonds. The molecule has 0 fully saturated rings. The first-order valence-corrected chi connectivity index (χ1v) is 6.41. The van der Waals surface area contributed by atoms with Crippen molar-refractivity contribution in [1.82, 2.24) is 0 Å². The van der Waals surface area contributed by atoms with E-state index in [1.54, 1.807) is 0 Å². The van der Waals surface area contributed by atoms with Crippen molar-refractivity contribution in [2.75, 3.05) is 0 Å². The number of hydrogen-bond donors (Lipinski definition) is 0. The van der Waals surface area contributed by atoms with Gasteiger partial charge < -0.3 is 4.43 Å². The van der Waals surface area contributed by atoms with Crippen LogP contribution in [0.1, 0.15) is 41.5 Å². The van der Waals surface area contributed by atoms with Crippen molar-refractivity contribution in [2.24, 2.45) is 0 Å². The van der Waals surface area contributed by atoms with E-state index < -0.39 is 9.04 Å². The molecular weight excluding hydrogens is 152 g/mol. The molecule has 0 aliphatic carbocycles. The van der Waals surface area contributed by atoms with E-state index in [4.69, 9.17) is 4.43 Å². The molecule has 11 heavy (non-hydrogen) atoms. The fourth-order valence-corrected chi connectivity index (χ4v) is 4.20. The molecule has 0 heterocycles. The Balaban J connectivity index is 3.90. The van der Waals surface area contributed by atoms with Gasteiger partial charge in [-0.25, -0.2) is 0 Å². The smallest absolute Gasteiger partial charge is 0.182 e. The highest BCUT2D eigenvalue weighted by Gasteiger charge is 2.21. The normalized spacial score (nSPS) is 12.5. The van der Waals surface area contributed by atoms with Gasteiger partial charge in [-0.05, 0) is 24.9 Å². The third-order valence-electron chi connectivity index (χ3n) is 1.74. The predicted molar refractivity (Wildman–Crippen MR) is 53.6 cm³/mol. The maximum absolute atomic E-state index is 5.91. The number of hydrogen-bond acceptors (Lipinski definition) is 1. The van der Waals surface area contributed by atoms with Crippen LogP contribution in [0.4, 0.5) is 0 Å². The SMILES string of the molecule is CC(C)O[SiH](C(C)C)C(C)C. The summed E-state index contributed by atoms with van der Waals surface area (Å²) in [6.07, 6.45) is 0.413. The summed E-state index contributed by atoms with van der Waals surface area (Å²) in [7, 11) is -0.938. The molecule has 0 rings (SSSR count). The van der Waals surface area contributed by atoms with E-state index in [-0.39, 0.29) is 0 Å². The Hall–Kier alpha value is 0.177. The van der Waals surface area contributed by atoms with Gasteiger partial charge in [-0.2, -0.15) is 0 Å². The maximum atomic E-state index is 5.91. The van der Waals surface area contributed by atoms with Gasteiger partial charge in [0.2, 0.25) is 0 Å². The van der Waals surface area contributed by atoms with Crippen LogP contribution in [-0.2, 0) is 4.43 Å². The highest BCUT2D eigenvalue weighted by molar-refractivity contribution is 6.55. The van der Waals surface area contributed by atoms with Gasteiger partial charge >= 0.3 is 0 Å². The van der Waals surface area contributed by atoms with E-state index in [1.165, 1.54) is 0 Å². The molecule has 0 radical (unpaired) electrons. The third kappa shape index (κ3) is 4.59. The fraction of sp³-hybridized carbons (Fsp3) is 1.00. The van der Waals surface area contributed by atoms with Gasteiger partial charge in [-0.15, -0.1) is 0 Å². The van der Waals surface area contributed by atoms with Crippen molar-refractivity contribution >= 4 is 9.04 Å². The summed E-state index contributed by atoms with van der Waals surface area (Å²) in [6, 6.07) is 0. The molecule has 0 N–H and O–H groups in total. The van der Waals surface area contributed by atoms with Gasteiger partial charge in [0, 0.05) is 6.10 Å².